The molecule has 0 atom stereocenters. The molecule has 94 valence electrons. The minimum atomic E-state index is -2.65. The second-order valence-electron chi connectivity index (χ2n) is 3.62. The molecular formula is C12H11F2N3O. The summed E-state index contributed by atoms with van der Waals surface area (Å²) in [5, 5.41) is 12.1. The van der Waals surface area contributed by atoms with Gasteiger partial charge in [0.1, 0.15) is 5.82 Å². The monoisotopic (exact) mass is 251 g/mol. The first-order valence-corrected chi connectivity index (χ1v) is 5.28. The zero-order valence-electron chi connectivity index (χ0n) is 9.37. The predicted molar refractivity (Wildman–Crippen MR) is 61.9 cm³/mol. The number of imidazole rings is 1. The van der Waals surface area contributed by atoms with Crippen LogP contribution in [0, 0.1) is 0 Å². The van der Waals surface area contributed by atoms with Crippen molar-refractivity contribution < 1.29 is 14.0 Å². The second-order valence-corrected chi connectivity index (χ2v) is 3.62. The molecule has 18 heavy (non-hydrogen) atoms. The van der Waals surface area contributed by atoms with Crippen molar-refractivity contribution in [2.24, 2.45) is 5.16 Å². The van der Waals surface area contributed by atoms with Gasteiger partial charge < -0.3 is 5.21 Å². The van der Waals surface area contributed by atoms with E-state index >= 15 is 0 Å². The summed E-state index contributed by atoms with van der Waals surface area (Å²) >= 11 is 0. The number of hydrogen-bond donors (Lipinski definition) is 1. The molecule has 4 nitrogen and oxygen atoms in total. The number of aromatic nitrogens is 2. The van der Waals surface area contributed by atoms with Gasteiger partial charge in [0.2, 0.25) is 0 Å². The van der Waals surface area contributed by atoms with Crippen molar-refractivity contribution in [3.63, 3.8) is 0 Å². The van der Waals surface area contributed by atoms with Crippen molar-refractivity contribution in [1.29, 1.82) is 0 Å². The fraction of sp³-hybridized carbons (Fsp3) is 0.167. The third kappa shape index (κ3) is 2.53. The molecule has 0 saturated carbocycles. The smallest absolute Gasteiger partial charge is 0.319 e. The van der Waals surface area contributed by atoms with Gasteiger partial charge in [0.05, 0.1) is 12.1 Å². The summed E-state index contributed by atoms with van der Waals surface area (Å²) in [6.45, 7) is -2.65. The standard InChI is InChI=1S/C12H11F2N3O/c13-12(14)17-7-6-15-11(17)8-10(16-18)9-4-2-1-3-5-9/h1-7,12,18H,8H2/b16-10+. The molecule has 1 heterocycles. The summed E-state index contributed by atoms with van der Waals surface area (Å²) in [4.78, 5) is 3.84. The molecule has 0 saturated heterocycles. The minimum absolute atomic E-state index is 0.0395. The Balaban J connectivity index is 2.25. The van der Waals surface area contributed by atoms with Gasteiger partial charge in [0, 0.05) is 12.4 Å². The highest BCUT2D eigenvalue weighted by Gasteiger charge is 2.14. The molecule has 1 aromatic carbocycles. The topological polar surface area (TPSA) is 50.4 Å². The van der Waals surface area contributed by atoms with Crippen LogP contribution >= 0.6 is 0 Å². The van der Waals surface area contributed by atoms with Crippen LogP contribution in [0.3, 0.4) is 0 Å². The van der Waals surface area contributed by atoms with Crippen LogP contribution < -0.4 is 0 Å². The van der Waals surface area contributed by atoms with E-state index < -0.39 is 6.55 Å². The largest absolute Gasteiger partial charge is 0.411 e. The maximum atomic E-state index is 12.6. The Kier molecular flexibility index (Phi) is 3.66. The van der Waals surface area contributed by atoms with E-state index in [9.17, 15) is 8.78 Å². The van der Waals surface area contributed by atoms with E-state index in [1.807, 2.05) is 6.07 Å². The highest BCUT2D eigenvalue weighted by molar-refractivity contribution is 6.01. The molecule has 0 radical (unpaired) electrons. The van der Waals surface area contributed by atoms with Gasteiger partial charge in [-0.25, -0.2) is 4.98 Å². The third-order valence-corrected chi connectivity index (χ3v) is 2.51. The number of benzene rings is 1. The molecule has 0 unspecified atom stereocenters. The number of rotatable bonds is 4. The third-order valence-electron chi connectivity index (χ3n) is 2.51. The van der Waals surface area contributed by atoms with Crippen LogP contribution in [0.5, 0.6) is 0 Å². The van der Waals surface area contributed by atoms with Crippen LogP contribution in [0.1, 0.15) is 17.9 Å². The molecule has 0 aliphatic rings. The molecule has 2 rings (SSSR count). The van der Waals surface area contributed by atoms with Crippen molar-refractivity contribution in [3.05, 3.63) is 54.1 Å². The molecule has 6 heteroatoms. The van der Waals surface area contributed by atoms with Gasteiger partial charge >= 0.3 is 6.55 Å². The van der Waals surface area contributed by atoms with Crippen molar-refractivity contribution in [1.82, 2.24) is 9.55 Å². The van der Waals surface area contributed by atoms with Crippen LogP contribution in [0.4, 0.5) is 8.78 Å². The molecule has 0 bridgehead atoms. The van der Waals surface area contributed by atoms with Gasteiger partial charge in [-0.2, -0.15) is 8.78 Å². The Labute approximate surface area is 102 Å². The molecule has 1 aromatic heterocycles. The van der Waals surface area contributed by atoms with Crippen LogP contribution in [-0.4, -0.2) is 20.5 Å². The van der Waals surface area contributed by atoms with Crippen molar-refractivity contribution in [3.8, 4) is 0 Å². The van der Waals surface area contributed by atoms with Gasteiger partial charge in [0.25, 0.3) is 0 Å². The Hall–Kier alpha value is -2.24. The van der Waals surface area contributed by atoms with Crippen LogP contribution in [-0.2, 0) is 6.42 Å². The van der Waals surface area contributed by atoms with Gasteiger partial charge in [-0.3, -0.25) is 4.57 Å². The molecular weight excluding hydrogens is 240 g/mol. The fourth-order valence-corrected chi connectivity index (χ4v) is 1.63. The Bertz CT molecular complexity index is 537. The van der Waals surface area contributed by atoms with E-state index in [4.69, 9.17) is 5.21 Å². The lowest BCUT2D eigenvalue weighted by molar-refractivity contribution is 0.0676. The van der Waals surface area contributed by atoms with E-state index in [0.29, 0.717) is 11.3 Å². The van der Waals surface area contributed by atoms with Crippen molar-refractivity contribution in [2.75, 3.05) is 0 Å². The van der Waals surface area contributed by atoms with Gasteiger partial charge in [0.15, 0.2) is 0 Å². The summed E-state index contributed by atoms with van der Waals surface area (Å²) < 4.78 is 26.0. The molecule has 0 aliphatic carbocycles. The lowest BCUT2D eigenvalue weighted by Gasteiger charge is -2.07. The fourth-order valence-electron chi connectivity index (χ4n) is 1.63. The van der Waals surface area contributed by atoms with Gasteiger partial charge in [-0.15, -0.1) is 0 Å². The number of oxime groups is 1. The summed E-state index contributed by atoms with van der Waals surface area (Å²) in [7, 11) is 0. The van der Waals surface area contributed by atoms with Gasteiger partial charge in [-0.1, -0.05) is 35.5 Å². The van der Waals surface area contributed by atoms with E-state index in [2.05, 4.69) is 10.1 Å². The molecule has 0 spiro atoms. The highest BCUT2D eigenvalue weighted by Crippen LogP contribution is 2.14. The lowest BCUT2D eigenvalue weighted by atomic mass is 10.1. The quantitative estimate of drug-likeness (QED) is 0.516. The zero-order chi connectivity index (χ0) is 13.0. The maximum absolute atomic E-state index is 12.6. The summed E-state index contributed by atoms with van der Waals surface area (Å²) in [6.07, 6.45) is 2.53. The van der Waals surface area contributed by atoms with Crippen LogP contribution in [0.25, 0.3) is 0 Å². The molecule has 0 fully saturated rings. The molecule has 0 amide bonds. The van der Waals surface area contributed by atoms with Crippen molar-refractivity contribution in [2.45, 2.75) is 13.0 Å². The first kappa shape index (κ1) is 12.2. The van der Waals surface area contributed by atoms with E-state index in [-0.39, 0.29) is 12.2 Å². The minimum Gasteiger partial charge on any atom is -0.411 e. The Morgan fingerprint density at radius 3 is 2.67 bits per heavy atom. The zero-order valence-corrected chi connectivity index (χ0v) is 9.37. The van der Waals surface area contributed by atoms with E-state index in [0.717, 1.165) is 4.57 Å². The van der Waals surface area contributed by atoms with Crippen molar-refractivity contribution >= 4 is 5.71 Å². The number of halogens is 2. The number of alkyl halides is 2. The Morgan fingerprint density at radius 1 is 1.33 bits per heavy atom. The first-order valence-electron chi connectivity index (χ1n) is 5.28. The lowest BCUT2D eigenvalue weighted by Crippen LogP contribution is -2.11. The molecule has 0 aliphatic heterocycles. The van der Waals surface area contributed by atoms with Gasteiger partial charge in [-0.05, 0) is 5.56 Å². The number of nitrogens with zero attached hydrogens (tertiary/aromatic N) is 3. The first-order chi connectivity index (χ1) is 8.72. The second kappa shape index (κ2) is 5.39. The van der Waals surface area contributed by atoms with Crippen LogP contribution in [0.15, 0.2) is 47.9 Å². The molecule has 2 aromatic rings. The number of hydrogen-bond acceptors (Lipinski definition) is 3. The summed E-state index contributed by atoms with van der Waals surface area (Å²) in [6, 6.07) is 8.86. The van der Waals surface area contributed by atoms with E-state index in [1.165, 1.54) is 12.4 Å². The normalized spacial score (nSPS) is 12.1. The van der Waals surface area contributed by atoms with Crippen LogP contribution in [0.2, 0.25) is 0 Å². The van der Waals surface area contributed by atoms with E-state index in [1.54, 1.807) is 24.3 Å². The predicted octanol–water partition coefficient (Wildman–Crippen LogP) is 2.70. The summed E-state index contributed by atoms with van der Waals surface area (Å²) in [5.41, 5.74) is 0.965. The average Bonchev–Trinajstić information content (AvgIpc) is 2.85. The SMILES string of the molecule is O/N=C(\Cc1nccn1C(F)F)c1ccccc1. The molecule has 1 N–H and O–H groups in total. The highest BCUT2D eigenvalue weighted by atomic mass is 19.3. The average molecular weight is 251 g/mol. The summed E-state index contributed by atoms with van der Waals surface area (Å²) in [5.74, 6) is 0.154. The maximum Gasteiger partial charge on any atom is 0.319 e. The Morgan fingerprint density at radius 2 is 2.06 bits per heavy atom.